The lowest BCUT2D eigenvalue weighted by Gasteiger charge is -2.05. The molecule has 0 saturated heterocycles. The molecule has 1 saturated carbocycles. The van der Waals surface area contributed by atoms with Crippen LogP contribution in [0, 0.1) is 5.92 Å². The lowest BCUT2D eigenvalue weighted by molar-refractivity contribution is 0.147. The van der Waals surface area contributed by atoms with E-state index in [1.807, 2.05) is 0 Å². The average Bonchev–Trinajstić information content (AvgIpc) is 2.50. The predicted molar refractivity (Wildman–Crippen MR) is 38.3 cm³/mol. The first kappa shape index (κ1) is 7.07. The molecule has 1 aliphatic rings. The van der Waals surface area contributed by atoms with Gasteiger partial charge in [-0.3, -0.25) is 0 Å². The maximum Gasteiger partial charge on any atom is 0.0542 e. The summed E-state index contributed by atoms with van der Waals surface area (Å²) in [5.41, 5.74) is 0. The summed E-state index contributed by atoms with van der Waals surface area (Å²) in [7, 11) is 0. The molecule has 1 nitrogen and oxygen atoms in total. The molecule has 0 aromatic rings. The van der Waals surface area contributed by atoms with Gasteiger partial charge in [-0.05, 0) is 18.8 Å². The van der Waals surface area contributed by atoms with E-state index >= 15 is 0 Å². The number of hydrogen-bond donors (Lipinski definition) is 1. The van der Waals surface area contributed by atoms with Crippen molar-refractivity contribution in [2.24, 2.45) is 5.92 Å². The van der Waals surface area contributed by atoms with Gasteiger partial charge in [-0.1, -0.05) is 26.2 Å². The van der Waals surface area contributed by atoms with Crippen molar-refractivity contribution in [2.75, 3.05) is 0 Å². The summed E-state index contributed by atoms with van der Waals surface area (Å²) >= 11 is 0. The summed E-state index contributed by atoms with van der Waals surface area (Å²) in [5.74, 6) is 0.881. The van der Waals surface area contributed by atoms with Crippen LogP contribution in [0.25, 0.3) is 0 Å². The summed E-state index contributed by atoms with van der Waals surface area (Å²) < 4.78 is 0. The summed E-state index contributed by atoms with van der Waals surface area (Å²) in [6.07, 6.45) is 5.90. The molecule has 1 fully saturated rings. The summed E-state index contributed by atoms with van der Waals surface area (Å²) in [6.45, 7) is 2.12. The van der Waals surface area contributed by atoms with Crippen molar-refractivity contribution in [3.8, 4) is 0 Å². The number of rotatable bonds is 4. The van der Waals surface area contributed by atoms with Crippen LogP contribution in [0.15, 0.2) is 0 Å². The van der Waals surface area contributed by atoms with Crippen LogP contribution in [0.5, 0.6) is 0 Å². The van der Waals surface area contributed by atoms with Crippen molar-refractivity contribution >= 4 is 0 Å². The zero-order valence-corrected chi connectivity index (χ0v) is 6.14. The second-order valence-electron chi connectivity index (χ2n) is 3.12. The van der Waals surface area contributed by atoms with Crippen LogP contribution in [-0.2, 0) is 0 Å². The minimum Gasteiger partial charge on any atom is -0.393 e. The van der Waals surface area contributed by atoms with Crippen LogP contribution in [-0.4, -0.2) is 11.2 Å². The highest BCUT2D eigenvalue weighted by atomic mass is 16.3. The Bertz CT molecular complexity index is 76.6. The molecule has 1 aliphatic carbocycles. The maximum atomic E-state index is 9.26. The van der Waals surface area contributed by atoms with Gasteiger partial charge in [-0.2, -0.15) is 0 Å². The molecule has 0 bridgehead atoms. The number of aliphatic hydroxyl groups excluding tert-OH is 1. The fourth-order valence-corrected chi connectivity index (χ4v) is 1.19. The fraction of sp³-hybridized carbons (Fsp3) is 1.00. The Labute approximate surface area is 57.1 Å². The molecule has 0 aromatic carbocycles. The van der Waals surface area contributed by atoms with Crippen molar-refractivity contribution in [3.63, 3.8) is 0 Å². The Hall–Kier alpha value is -0.0400. The van der Waals surface area contributed by atoms with Crippen molar-refractivity contribution < 1.29 is 5.11 Å². The minimum absolute atomic E-state index is 0.00231. The molecule has 1 heteroatoms. The topological polar surface area (TPSA) is 20.2 Å². The largest absolute Gasteiger partial charge is 0.393 e. The van der Waals surface area contributed by atoms with Gasteiger partial charge in [0.05, 0.1) is 6.10 Å². The van der Waals surface area contributed by atoms with Gasteiger partial charge >= 0.3 is 0 Å². The van der Waals surface area contributed by atoms with Crippen LogP contribution in [0.2, 0.25) is 0 Å². The molecule has 0 spiro atoms. The summed E-state index contributed by atoms with van der Waals surface area (Å²) in [6, 6.07) is 0. The highest BCUT2D eigenvalue weighted by Crippen LogP contribution is 2.34. The fourth-order valence-electron chi connectivity index (χ4n) is 1.19. The Morgan fingerprint density at radius 2 is 2.22 bits per heavy atom. The standard InChI is InChI=1S/C8H16O/c1-2-3-8(9)6-7-4-5-7/h7-9H,2-6H2,1H3. The molecule has 54 valence electrons. The molecule has 0 heterocycles. The van der Waals surface area contributed by atoms with Gasteiger partial charge in [0.25, 0.3) is 0 Å². The number of aliphatic hydroxyl groups is 1. The Morgan fingerprint density at radius 3 is 2.67 bits per heavy atom. The Morgan fingerprint density at radius 1 is 1.56 bits per heavy atom. The lowest BCUT2D eigenvalue weighted by atomic mass is 10.1. The van der Waals surface area contributed by atoms with Gasteiger partial charge in [0.1, 0.15) is 0 Å². The monoisotopic (exact) mass is 128 g/mol. The highest BCUT2D eigenvalue weighted by molar-refractivity contribution is 4.75. The Kier molecular flexibility index (Phi) is 2.52. The van der Waals surface area contributed by atoms with E-state index in [4.69, 9.17) is 0 Å². The average molecular weight is 128 g/mol. The molecule has 1 atom stereocenters. The predicted octanol–water partition coefficient (Wildman–Crippen LogP) is 1.95. The highest BCUT2D eigenvalue weighted by Gasteiger charge is 2.23. The van der Waals surface area contributed by atoms with Crippen molar-refractivity contribution in [1.29, 1.82) is 0 Å². The van der Waals surface area contributed by atoms with Gasteiger partial charge in [0.15, 0.2) is 0 Å². The molecule has 0 radical (unpaired) electrons. The SMILES string of the molecule is CCCC(O)CC1CC1. The second kappa shape index (κ2) is 3.21. The van der Waals surface area contributed by atoms with Crippen LogP contribution < -0.4 is 0 Å². The molecule has 1 N–H and O–H groups in total. The normalized spacial score (nSPS) is 22.0. The molecule has 9 heavy (non-hydrogen) atoms. The lowest BCUT2D eigenvalue weighted by Crippen LogP contribution is -2.05. The van der Waals surface area contributed by atoms with E-state index in [0.717, 1.165) is 25.2 Å². The van der Waals surface area contributed by atoms with Gasteiger partial charge in [0, 0.05) is 0 Å². The quantitative estimate of drug-likeness (QED) is 0.613. The maximum absolute atomic E-state index is 9.26. The van der Waals surface area contributed by atoms with Gasteiger partial charge in [0.2, 0.25) is 0 Å². The smallest absolute Gasteiger partial charge is 0.0542 e. The third kappa shape index (κ3) is 2.85. The minimum atomic E-state index is 0.00231. The summed E-state index contributed by atoms with van der Waals surface area (Å²) in [4.78, 5) is 0. The molecular weight excluding hydrogens is 112 g/mol. The molecular formula is C8H16O. The first-order chi connectivity index (χ1) is 4.33. The third-order valence-electron chi connectivity index (χ3n) is 1.92. The van der Waals surface area contributed by atoms with Crippen LogP contribution in [0.1, 0.15) is 39.0 Å². The van der Waals surface area contributed by atoms with Crippen molar-refractivity contribution in [1.82, 2.24) is 0 Å². The van der Waals surface area contributed by atoms with E-state index in [9.17, 15) is 5.11 Å². The first-order valence-electron chi connectivity index (χ1n) is 4.01. The third-order valence-corrected chi connectivity index (χ3v) is 1.92. The van der Waals surface area contributed by atoms with E-state index in [1.165, 1.54) is 12.8 Å². The molecule has 0 aliphatic heterocycles. The second-order valence-corrected chi connectivity index (χ2v) is 3.12. The van der Waals surface area contributed by atoms with Crippen LogP contribution in [0.4, 0.5) is 0 Å². The molecule has 0 amide bonds. The van der Waals surface area contributed by atoms with E-state index in [2.05, 4.69) is 6.92 Å². The molecule has 1 rings (SSSR count). The molecule has 1 unspecified atom stereocenters. The van der Waals surface area contributed by atoms with Crippen molar-refractivity contribution in [2.45, 2.75) is 45.1 Å². The Balaban J connectivity index is 1.95. The molecule has 0 aromatic heterocycles. The van der Waals surface area contributed by atoms with Gasteiger partial charge in [-0.15, -0.1) is 0 Å². The van der Waals surface area contributed by atoms with E-state index in [-0.39, 0.29) is 6.10 Å². The number of hydrogen-bond acceptors (Lipinski definition) is 1. The van der Waals surface area contributed by atoms with Gasteiger partial charge < -0.3 is 5.11 Å². The van der Waals surface area contributed by atoms with Crippen molar-refractivity contribution in [3.05, 3.63) is 0 Å². The first-order valence-corrected chi connectivity index (χ1v) is 4.01. The van der Waals surface area contributed by atoms with Crippen LogP contribution in [0.3, 0.4) is 0 Å². The van der Waals surface area contributed by atoms with Gasteiger partial charge in [-0.25, -0.2) is 0 Å². The zero-order chi connectivity index (χ0) is 6.69. The van der Waals surface area contributed by atoms with E-state index in [1.54, 1.807) is 0 Å². The van der Waals surface area contributed by atoms with E-state index < -0.39 is 0 Å². The van der Waals surface area contributed by atoms with E-state index in [0.29, 0.717) is 0 Å². The zero-order valence-electron chi connectivity index (χ0n) is 6.14. The summed E-state index contributed by atoms with van der Waals surface area (Å²) in [5, 5.41) is 9.26. The van der Waals surface area contributed by atoms with Crippen LogP contribution >= 0.6 is 0 Å².